The number of aromatic nitrogens is 2. The van der Waals surface area contributed by atoms with Crippen molar-refractivity contribution in [3.8, 4) is 0 Å². The van der Waals surface area contributed by atoms with E-state index in [1.165, 1.54) is 16.8 Å². The molecule has 0 spiro atoms. The van der Waals surface area contributed by atoms with E-state index in [0.29, 0.717) is 5.02 Å². The van der Waals surface area contributed by atoms with Crippen LogP contribution < -0.4 is 9.80 Å². The van der Waals surface area contributed by atoms with Crippen molar-refractivity contribution in [2.75, 3.05) is 36.0 Å². The van der Waals surface area contributed by atoms with Crippen LogP contribution in [-0.4, -0.2) is 36.1 Å². The highest BCUT2D eigenvalue weighted by Gasteiger charge is 2.20. The van der Waals surface area contributed by atoms with E-state index in [1.54, 1.807) is 12.4 Å². The van der Waals surface area contributed by atoms with Gasteiger partial charge in [0, 0.05) is 31.9 Å². The number of anilines is 2. The highest BCUT2D eigenvalue weighted by molar-refractivity contribution is 6.30. The minimum absolute atomic E-state index is 0.577. The maximum Gasteiger partial charge on any atom is 0.225 e. The zero-order chi connectivity index (χ0) is 14.8. The van der Waals surface area contributed by atoms with E-state index in [0.717, 1.165) is 32.1 Å². The van der Waals surface area contributed by atoms with Gasteiger partial charge >= 0.3 is 0 Å². The monoisotopic (exact) mass is 302 g/mol. The van der Waals surface area contributed by atoms with E-state index in [1.807, 2.05) is 0 Å². The summed E-state index contributed by atoms with van der Waals surface area (Å²) in [4.78, 5) is 13.2. The molecule has 1 aliphatic rings. The largest absolute Gasteiger partial charge is 0.368 e. The van der Waals surface area contributed by atoms with E-state index in [-0.39, 0.29) is 0 Å². The zero-order valence-electron chi connectivity index (χ0n) is 12.4. The number of benzene rings is 1. The molecule has 0 bridgehead atoms. The van der Waals surface area contributed by atoms with E-state index >= 15 is 0 Å². The van der Waals surface area contributed by atoms with Gasteiger partial charge in [0.15, 0.2) is 0 Å². The van der Waals surface area contributed by atoms with Gasteiger partial charge in [-0.25, -0.2) is 9.97 Å². The van der Waals surface area contributed by atoms with Crippen molar-refractivity contribution in [2.24, 2.45) is 0 Å². The summed E-state index contributed by atoms with van der Waals surface area (Å²) in [5, 5.41) is 0.577. The number of hydrogen-bond donors (Lipinski definition) is 0. The standard InChI is InChI=1S/C16H19ClN4/c1-12-4-3-5-15(13(12)2)20-6-8-21(9-7-20)16-18-10-14(17)11-19-16/h3-5,10-11H,6-9H2,1-2H3. The van der Waals surface area contributed by atoms with Crippen molar-refractivity contribution in [2.45, 2.75) is 13.8 Å². The second-order valence-corrected chi connectivity index (χ2v) is 5.83. The SMILES string of the molecule is Cc1cccc(N2CCN(c3ncc(Cl)cn3)CC2)c1C. The van der Waals surface area contributed by atoms with E-state index < -0.39 is 0 Å². The lowest BCUT2D eigenvalue weighted by atomic mass is 10.1. The van der Waals surface area contributed by atoms with Crippen LogP contribution in [-0.2, 0) is 0 Å². The fraction of sp³-hybridized carbons (Fsp3) is 0.375. The predicted molar refractivity (Wildman–Crippen MR) is 87.4 cm³/mol. The molecule has 1 aromatic carbocycles. The van der Waals surface area contributed by atoms with Gasteiger partial charge in [0.1, 0.15) is 0 Å². The molecule has 5 heteroatoms. The third-order valence-corrected chi connectivity index (χ3v) is 4.28. The molecule has 110 valence electrons. The molecular formula is C16H19ClN4. The average molecular weight is 303 g/mol. The van der Waals surface area contributed by atoms with Crippen LogP contribution in [0, 0.1) is 13.8 Å². The van der Waals surface area contributed by atoms with Crippen molar-refractivity contribution in [1.82, 2.24) is 9.97 Å². The summed E-state index contributed by atoms with van der Waals surface area (Å²) < 4.78 is 0. The summed E-state index contributed by atoms with van der Waals surface area (Å²) in [6.07, 6.45) is 3.31. The highest BCUT2D eigenvalue weighted by Crippen LogP contribution is 2.24. The van der Waals surface area contributed by atoms with Crippen LogP contribution >= 0.6 is 11.6 Å². The van der Waals surface area contributed by atoms with Crippen LogP contribution in [0.5, 0.6) is 0 Å². The Morgan fingerprint density at radius 1 is 0.952 bits per heavy atom. The first kappa shape index (κ1) is 14.1. The Bertz CT molecular complexity index is 619. The van der Waals surface area contributed by atoms with Gasteiger partial charge < -0.3 is 9.80 Å². The molecule has 2 heterocycles. The molecule has 0 unspecified atom stereocenters. The van der Waals surface area contributed by atoms with Crippen molar-refractivity contribution < 1.29 is 0 Å². The molecule has 0 amide bonds. The number of piperazine rings is 1. The number of halogens is 1. The normalized spacial score (nSPS) is 15.4. The molecule has 0 saturated carbocycles. The first-order chi connectivity index (χ1) is 10.1. The third-order valence-electron chi connectivity index (χ3n) is 4.09. The smallest absolute Gasteiger partial charge is 0.225 e. The van der Waals surface area contributed by atoms with Crippen LogP contribution in [0.25, 0.3) is 0 Å². The van der Waals surface area contributed by atoms with Gasteiger partial charge in [0.05, 0.1) is 17.4 Å². The Hall–Kier alpha value is -1.81. The predicted octanol–water partition coefficient (Wildman–Crippen LogP) is 3.07. The zero-order valence-corrected chi connectivity index (χ0v) is 13.1. The number of aryl methyl sites for hydroxylation is 1. The summed E-state index contributed by atoms with van der Waals surface area (Å²) in [6, 6.07) is 6.50. The van der Waals surface area contributed by atoms with Crippen molar-refractivity contribution >= 4 is 23.2 Å². The fourth-order valence-electron chi connectivity index (χ4n) is 2.69. The van der Waals surface area contributed by atoms with E-state index in [4.69, 9.17) is 11.6 Å². The van der Waals surface area contributed by atoms with Crippen molar-refractivity contribution in [3.05, 3.63) is 46.7 Å². The molecule has 0 aliphatic carbocycles. The second kappa shape index (κ2) is 5.90. The summed E-state index contributed by atoms with van der Waals surface area (Å²) in [7, 11) is 0. The third kappa shape index (κ3) is 2.95. The summed E-state index contributed by atoms with van der Waals surface area (Å²) >= 11 is 5.83. The minimum atomic E-state index is 0.577. The summed E-state index contributed by atoms with van der Waals surface area (Å²) in [5.74, 6) is 0.764. The Balaban J connectivity index is 1.70. The molecule has 0 radical (unpaired) electrons. The topological polar surface area (TPSA) is 32.3 Å². The van der Waals surface area contributed by atoms with Crippen LogP contribution in [0.1, 0.15) is 11.1 Å². The molecular weight excluding hydrogens is 284 g/mol. The molecule has 0 atom stereocenters. The quantitative estimate of drug-likeness (QED) is 0.853. The molecule has 2 aromatic rings. The molecule has 1 saturated heterocycles. The summed E-state index contributed by atoms with van der Waals surface area (Å²) in [6.45, 7) is 8.17. The van der Waals surface area contributed by atoms with Gasteiger partial charge in [-0.05, 0) is 31.0 Å². The number of rotatable bonds is 2. The minimum Gasteiger partial charge on any atom is -0.368 e. The number of nitrogens with zero attached hydrogens (tertiary/aromatic N) is 4. The van der Waals surface area contributed by atoms with Crippen LogP contribution in [0.15, 0.2) is 30.6 Å². The van der Waals surface area contributed by atoms with Gasteiger partial charge in [-0.3, -0.25) is 0 Å². The molecule has 21 heavy (non-hydrogen) atoms. The Morgan fingerprint density at radius 3 is 2.24 bits per heavy atom. The first-order valence-electron chi connectivity index (χ1n) is 7.19. The average Bonchev–Trinajstić information content (AvgIpc) is 2.51. The molecule has 4 nitrogen and oxygen atoms in total. The maximum atomic E-state index is 5.83. The fourth-order valence-corrected chi connectivity index (χ4v) is 2.79. The van der Waals surface area contributed by atoms with Gasteiger partial charge in [0.25, 0.3) is 0 Å². The van der Waals surface area contributed by atoms with Crippen LogP contribution in [0.3, 0.4) is 0 Å². The molecule has 0 N–H and O–H groups in total. The lowest BCUT2D eigenvalue weighted by Crippen LogP contribution is -2.47. The highest BCUT2D eigenvalue weighted by atomic mass is 35.5. The van der Waals surface area contributed by atoms with Gasteiger partial charge in [-0.15, -0.1) is 0 Å². The molecule has 1 fully saturated rings. The molecule has 3 rings (SSSR count). The Labute approximate surface area is 130 Å². The number of hydrogen-bond acceptors (Lipinski definition) is 4. The first-order valence-corrected chi connectivity index (χ1v) is 7.56. The lowest BCUT2D eigenvalue weighted by Gasteiger charge is -2.37. The Kier molecular flexibility index (Phi) is 3.97. The lowest BCUT2D eigenvalue weighted by molar-refractivity contribution is 0.639. The summed E-state index contributed by atoms with van der Waals surface area (Å²) in [5.41, 5.74) is 4.05. The van der Waals surface area contributed by atoms with Crippen LogP contribution in [0.2, 0.25) is 5.02 Å². The molecule has 1 aliphatic heterocycles. The van der Waals surface area contributed by atoms with Gasteiger partial charge in [-0.2, -0.15) is 0 Å². The van der Waals surface area contributed by atoms with Crippen LogP contribution in [0.4, 0.5) is 11.6 Å². The van der Waals surface area contributed by atoms with Gasteiger partial charge in [0.2, 0.25) is 5.95 Å². The van der Waals surface area contributed by atoms with E-state index in [9.17, 15) is 0 Å². The second-order valence-electron chi connectivity index (χ2n) is 5.39. The van der Waals surface area contributed by atoms with Crippen molar-refractivity contribution in [1.29, 1.82) is 0 Å². The van der Waals surface area contributed by atoms with Gasteiger partial charge in [-0.1, -0.05) is 23.7 Å². The van der Waals surface area contributed by atoms with E-state index in [2.05, 4.69) is 51.8 Å². The Morgan fingerprint density at radius 2 is 1.57 bits per heavy atom. The molecule has 1 aromatic heterocycles. The maximum absolute atomic E-state index is 5.83. The van der Waals surface area contributed by atoms with Crippen molar-refractivity contribution in [3.63, 3.8) is 0 Å².